The molecule has 1 rings (SSSR count). The van der Waals surface area contributed by atoms with Gasteiger partial charge in [0.05, 0.1) is 6.04 Å². The molecule has 1 nitrogen and oxygen atoms in total. The summed E-state index contributed by atoms with van der Waals surface area (Å²) in [5.74, 6) is 0. The quantitative estimate of drug-likeness (QED) is 0.554. The molecule has 1 atom stereocenters. The van der Waals surface area contributed by atoms with Crippen LogP contribution in [0.2, 0.25) is 0 Å². The zero-order valence-electron chi connectivity index (χ0n) is 10.6. The standard InChI is InChI=1S/C13H23N/c1-9-8-10(12(2,3)4)11(14-9)13(5,6)7/h8,11H,1-7H3. The molecule has 1 aliphatic rings. The van der Waals surface area contributed by atoms with Crippen molar-refractivity contribution in [2.24, 2.45) is 15.8 Å². The third-order valence-corrected chi connectivity index (χ3v) is 2.68. The molecule has 80 valence electrons. The Hall–Kier alpha value is -0.590. The fourth-order valence-corrected chi connectivity index (χ4v) is 1.90. The summed E-state index contributed by atoms with van der Waals surface area (Å²) in [5.41, 5.74) is 3.12. The van der Waals surface area contributed by atoms with Crippen LogP contribution in [-0.2, 0) is 0 Å². The second-order valence-corrected chi connectivity index (χ2v) is 6.39. The van der Waals surface area contributed by atoms with Gasteiger partial charge in [-0.15, -0.1) is 0 Å². The van der Waals surface area contributed by atoms with Crippen molar-refractivity contribution in [2.45, 2.75) is 54.5 Å². The van der Waals surface area contributed by atoms with Gasteiger partial charge in [0, 0.05) is 5.71 Å². The average Bonchev–Trinajstić information content (AvgIpc) is 2.27. The lowest BCUT2D eigenvalue weighted by atomic mass is 9.74. The lowest BCUT2D eigenvalue weighted by Crippen LogP contribution is -2.30. The molecule has 0 radical (unpaired) electrons. The molecule has 1 heterocycles. The molecule has 1 aliphatic heterocycles. The highest BCUT2D eigenvalue weighted by molar-refractivity contribution is 5.96. The highest BCUT2D eigenvalue weighted by atomic mass is 14.9. The van der Waals surface area contributed by atoms with Crippen LogP contribution in [0.1, 0.15) is 48.5 Å². The summed E-state index contributed by atoms with van der Waals surface area (Å²) < 4.78 is 0. The lowest BCUT2D eigenvalue weighted by molar-refractivity contribution is 0.317. The molecule has 0 bridgehead atoms. The molecule has 0 aromatic rings. The first-order valence-corrected chi connectivity index (χ1v) is 5.39. The normalized spacial score (nSPS) is 23.5. The van der Waals surface area contributed by atoms with Gasteiger partial charge in [0.1, 0.15) is 0 Å². The van der Waals surface area contributed by atoms with E-state index >= 15 is 0 Å². The highest BCUT2D eigenvalue weighted by Gasteiger charge is 2.35. The van der Waals surface area contributed by atoms with Crippen molar-refractivity contribution < 1.29 is 0 Å². The minimum Gasteiger partial charge on any atom is -0.282 e. The number of hydrogen-bond acceptors (Lipinski definition) is 1. The molecule has 0 fully saturated rings. The smallest absolute Gasteiger partial charge is 0.0769 e. The first kappa shape index (κ1) is 11.5. The number of aliphatic imine (C=N–C) groups is 1. The van der Waals surface area contributed by atoms with Gasteiger partial charge in [0.2, 0.25) is 0 Å². The van der Waals surface area contributed by atoms with Gasteiger partial charge in [-0.05, 0) is 29.4 Å². The van der Waals surface area contributed by atoms with Crippen molar-refractivity contribution in [1.82, 2.24) is 0 Å². The molecule has 0 saturated heterocycles. The third kappa shape index (κ3) is 2.26. The van der Waals surface area contributed by atoms with Crippen LogP contribution >= 0.6 is 0 Å². The van der Waals surface area contributed by atoms with Crippen molar-refractivity contribution in [3.05, 3.63) is 11.6 Å². The predicted molar refractivity (Wildman–Crippen MR) is 63.9 cm³/mol. The zero-order valence-corrected chi connectivity index (χ0v) is 10.6. The van der Waals surface area contributed by atoms with Gasteiger partial charge in [-0.1, -0.05) is 41.5 Å². The van der Waals surface area contributed by atoms with E-state index in [1.165, 1.54) is 11.3 Å². The largest absolute Gasteiger partial charge is 0.282 e. The maximum absolute atomic E-state index is 4.73. The van der Waals surface area contributed by atoms with E-state index in [1.807, 2.05) is 0 Å². The van der Waals surface area contributed by atoms with E-state index in [0.717, 1.165) is 0 Å². The molecule has 1 heteroatoms. The van der Waals surface area contributed by atoms with E-state index in [2.05, 4.69) is 54.5 Å². The SMILES string of the molecule is CC1=NC(C(C)(C)C)C(C(C)(C)C)=C1. The van der Waals surface area contributed by atoms with Gasteiger partial charge in [0.25, 0.3) is 0 Å². The number of allylic oxidation sites excluding steroid dienone is 1. The van der Waals surface area contributed by atoms with Crippen molar-refractivity contribution >= 4 is 5.71 Å². The molecule has 0 N–H and O–H groups in total. The number of hydrogen-bond donors (Lipinski definition) is 0. The fraction of sp³-hybridized carbons (Fsp3) is 0.769. The van der Waals surface area contributed by atoms with E-state index in [-0.39, 0.29) is 10.8 Å². The first-order valence-electron chi connectivity index (χ1n) is 5.39. The van der Waals surface area contributed by atoms with Gasteiger partial charge < -0.3 is 0 Å². The number of nitrogens with zero attached hydrogens (tertiary/aromatic N) is 1. The van der Waals surface area contributed by atoms with Crippen LogP contribution in [0, 0.1) is 10.8 Å². The van der Waals surface area contributed by atoms with Crippen molar-refractivity contribution in [3.8, 4) is 0 Å². The van der Waals surface area contributed by atoms with Crippen LogP contribution in [0.3, 0.4) is 0 Å². The van der Waals surface area contributed by atoms with Crippen LogP contribution in [0.15, 0.2) is 16.6 Å². The van der Waals surface area contributed by atoms with Crippen LogP contribution in [-0.4, -0.2) is 11.8 Å². The molecular weight excluding hydrogens is 170 g/mol. The van der Waals surface area contributed by atoms with Gasteiger partial charge in [-0.25, -0.2) is 0 Å². The van der Waals surface area contributed by atoms with Crippen molar-refractivity contribution in [3.63, 3.8) is 0 Å². The summed E-state index contributed by atoms with van der Waals surface area (Å²) in [6, 6.07) is 0.363. The molecular formula is C13H23N. The summed E-state index contributed by atoms with van der Waals surface area (Å²) in [5, 5.41) is 0. The Bertz CT molecular complexity index is 281. The molecule has 0 amide bonds. The summed E-state index contributed by atoms with van der Waals surface area (Å²) in [6.07, 6.45) is 2.26. The molecule has 0 aromatic heterocycles. The Morgan fingerprint density at radius 2 is 1.57 bits per heavy atom. The van der Waals surface area contributed by atoms with E-state index in [9.17, 15) is 0 Å². The maximum atomic E-state index is 4.73. The van der Waals surface area contributed by atoms with Gasteiger partial charge >= 0.3 is 0 Å². The Kier molecular flexibility index (Phi) is 2.64. The maximum Gasteiger partial charge on any atom is 0.0769 e. The Labute approximate surface area is 88.3 Å². The van der Waals surface area contributed by atoms with Crippen LogP contribution in [0.5, 0.6) is 0 Å². The Morgan fingerprint density at radius 3 is 1.86 bits per heavy atom. The van der Waals surface area contributed by atoms with Crippen LogP contribution in [0.4, 0.5) is 0 Å². The van der Waals surface area contributed by atoms with E-state index in [1.54, 1.807) is 0 Å². The van der Waals surface area contributed by atoms with Crippen LogP contribution in [0.25, 0.3) is 0 Å². The molecule has 1 unspecified atom stereocenters. The minimum absolute atomic E-state index is 0.233. The summed E-state index contributed by atoms with van der Waals surface area (Å²) in [4.78, 5) is 4.73. The number of rotatable bonds is 0. The fourth-order valence-electron chi connectivity index (χ4n) is 1.90. The van der Waals surface area contributed by atoms with Crippen LogP contribution < -0.4 is 0 Å². The molecule has 0 aliphatic carbocycles. The second kappa shape index (κ2) is 3.22. The minimum atomic E-state index is 0.233. The van der Waals surface area contributed by atoms with Gasteiger partial charge in [-0.2, -0.15) is 0 Å². The zero-order chi connectivity index (χ0) is 11.1. The molecule has 0 spiro atoms. The predicted octanol–water partition coefficient (Wildman–Crippen LogP) is 3.85. The average molecular weight is 193 g/mol. The van der Waals surface area contributed by atoms with Gasteiger partial charge in [-0.3, -0.25) is 4.99 Å². The lowest BCUT2D eigenvalue weighted by Gasteiger charge is -2.33. The topological polar surface area (TPSA) is 12.4 Å². The van der Waals surface area contributed by atoms with Crippen molar-refractivity contribution in [1.29, 1.82) is 0 Å². The van der Waals surface area contributed by atoms with Gasteiger partial charge in [0.15, 0.2) is 0 Å². The highest BCUT2D eigenvalue weighted by Crippen LogP contribution is 2.40. The first-order chi connectivity index (χ1) is 6.12. The monoisotopic (exact) mass is 193 g/mol. The second-order valence-electron chi connectivity index (χ2n) is 6.39. The van der Waals surface area contributed by atoms with E-state index < -0.39 is 0 Å². The molecule has 14 heavy (non-hydrogen) atoms. The van der Waals surface area contributed by atoms with E-state index in [4.69, 9.17) is 4.99 Å². The third-order valence-electron chi connectivity index (χ3n) is 2.68. The summed E-state index contributed by atoms with van der Waals surface area (Å²) in [7, 11) is 0. The van der Waals surface area contributed by atoms with E-state index in [0.29, 0.717) is 6.04 Å². The Balaban J connectivity index is 3.05. The summed E-state index contributed by atoms with van der Waals surface area (Å²) in [6.45, 7) is 15.7. The van der Waals surface area contributed by atoms with Crippen molar-refractivity contribution in [2.75, 3.05) is 0 Å². The Morgan fingerprint density at radius 1 is 1.07 bits per heavy atom. The molecule has 0 saturated carbocycles. The molecule has 0 aromatic carbocycles. The summed E-state index contributed by atoms with van der Waals surface area (Å²) >= 11 is 0.